The summed E-state index contributed by atoms with van der Waals surface area (Å²) in [7, 11) is 0. The lowest BCUT2D eigenvalue weighted by Crippen LogP contribution is -2.30. The molecule has 1 atom stereocenters. The fourth-order valence-corrected chi connectivity index (χ4v) is 1.33. The Hall–Kier alpha value is -1.57. The molecule has 0 aliphatic rings. The van der Waals surface area contributed by atoms with Gasteiger partial charge in [0.25, 0.3) is 0 Å². The van der Waals surface area contributed by atoms with Gasteiger partial charge >= 0.3 is 0 Å². The van der Waals surface area contributed by atoms with Gasteiger partial charge in [0.2, 0.25) is 5.91 Å². The number of rotatable bonds is 4. The smallest absolute Gasteiger partial charge is 0.244 e. The SMILES string of the molecule is CC[C@H](C)NC(=O)/C=C\c1ccccc1C. The van der Waals surface area contributed by atoms with E-state index in [-0.39, 0.29) is 11.9 Å². The van der Waals surface area contributed by atoms with Crippen molar-refractivity contribution in [2.75, 3.05) is 0 Å². The fourth-order valence-electron chi connectivity index (χ4n) is 1.33. The predicted molar refractivity (Wildman–Crippen MR) is 68.1 cm³/mol. The van der Waals surface area contributed by atoms with Crippen molar-refractivity contribution in [2.24, 2.45) is 0 Å². The van der Waals surface area contributed by atoms with E-state index in [0.717, 1.165) is 12.0 Å². The summed E-state index contributed by atoms with van der Waals surface area (Å²) in [5.74, 6) is -0.0300. The second-order valence-corrected chi connectivity index (χ2v) is 4.01. The van der Waals surface area contributed by atoms with Gasteiger partial charge in [0.05, 0.1) is 0 Å². The van der Waals surface area contributed by atoms with E-state index < -0.39 is 0 Å². The van der Waals surface area contributed by atoms with Crippen LogP contribution in [0.2, 0.25) is 0 Å². The van der Waals surface area contributed by atoms with Crippen molar-refractivity contribution in [3.63, 3.8) is 0 Å². The van der Waals surface area contributed by atoms with Gasteiger partial charge in [-0.15, -0.1) is 0 Å². The van der Waals surface area contributed by atoms with Crippen molar-refractivity contribution in [2.45, 2.75) is 33.2 Å². The van der Waals surface area contributed by atoms with Gasteiger partial charge in [-0.05, 0) is 37.5 Å². The first kappa shape index (κ1) is 12.5. The zero-order valence-electron chi connectivity index (χ0n) is 10.2. The van der Waals surface area contributed by atoms with E-state index in [2.05, 4.69) is 12.2 Å². The van der Waals surface area contributed by atoms with Crippen molar-refractivity contribution in [3.05, 3.63) is 41.5 Å². The molecule has 16 heavy (non-hydrogen) atoms. The van der Waals surface area contributed by atoms with E-state index >= 15 is 0 Å². The van der Waals surface area contributed by atoms with E-state index in [1.54, 1.807) is 6.08 Å². The molecule has 0 unspecified atom stereocenters. The Labute approximate surface area is 97.4 Å². The minimum atomic E-state index is -0.0300. The molecule has 2 nitrogen and oxygen atoms in total. The molecule has 86 valence electrons. The number of carbonyl (C=O) groups excluding carboxylic acids is 1. The van der Waals surface area contributed by atoms with Crippen molar-refractivity contribution >= 4 is 12.0 Å². The van der Waals surface area contributed by atoms with Crippen LogP contribution in [0.1, 0.15) is 31.4 Å². The molecule has 0 fully saturated rings. The van der Waals surface area contributed by atoms with Crippen LogP contribution in [0.4, 0.5) is 0 Å². The maximum atomic E-state index is 11.5. The van der Waals surface area contributed by atoms with Crippen LogP contribution >= 0.6 is 0 Å². The van der Waals surface area contributed by atoms with Crippen molar-refractivity contribution < 1.29 is 4.79 Å². The lowest BCUT2D eigenvalue weighted by Gasteiger charge is -2.08. The van der Waals surface area contributed by atoms with Crippen molar-refractivity contribution in [3.8, 4) is 0 Å². The second-order valence-electron chi connectivity index (χ2n) is 4.01. The van der Waals surface area contributed by atoms with Gasteiger partial charge in [0.15, 0.2) is 0 Å². The molecular formula is C14H19NO. The predicted octanol–water partition coefficient (Wildman–Crippen LogP) is 2.92. The Morgan fingerprint density at radius 3 is 2.75 bits per heavy atom. The molecule has 2 heteroatoms. The molecular weight excluding hydrogens is 198 g/mol. The van der Waals surface area contributed by atoms with Crippen LogP contribution in [-0.4, -0.2) is 11.9 Å². The molecule has 1 aromatic carbocycles. The molecule has 1 amide bonds. The quantitative estimate of drug-likeness (QED) is 0.772. The molecule has 0 aromatic heterocycles. The number of carbonyl (C=O) groups is 1. The largest absolute Gasteiger partial charge is 0.350 e. The zero-order chi connectivity index (χ0) is 12.0. The van der Waals surface area contributed by atoms with Crippen LogP contribution in [0.15, 0.2) is 30.3 Å². The van der Waals surface area contributed by atoms with Crippen LogP contribution in [0.5, 0.6) is 0 Å². The molecule has 0 radical (unpaired) electrons. The highest BCUT2D eigenvalue weighted by Gasteiger charge is 2.01. The maximum absolute atomic E-state index is 11.5. The maximum Gasteiger partial charge on any atom is 0.244 e. The van der Waals surface area contributed by atoms with Gasteiger partial charge in [0.1, 0.15) is 0 Å². The van der Waals surface area contributed by atoms with Gasteiger partial charge in [-0.1, -0.05) is 31.2 Å². The minimum Gasteiger partial charge on any atom is -0.350 e. The summed E-state index contributed by atoms with van der Waals surface area (Å²) in [4.78, 5) is 11.5. The van der Waals surface area contributed by atoms with Crippen LogP contribution in [0, 0.1) is 6.92 Å². The van der Waals surface area contributed by atoms with Gasteiger partial charge in [-0.2, -0.15) is 0 Å². The van der Waals surface area contributed by atoms with Gasteiger partial charge < -0.3 is 5.32 Å². The first-order chi connectivity index (χ1) is 7.63. The topological polar surface area (TPSA) is 29.1 Å². The summed E-state index contributed by atoms with van der Waals surface area (Å²) in [6.07, 6.45) is 4.39. The van der Waals surface area contributed by atoms with E-state index in [4.69, 9.17) is 0 Å². The van der Waals surface area contributed by atoms with Gasteiger partial charge in [0, 0.05) is 12.1 Å². The first-order valence-corrected chi connectivity index (χ1v) is 5.67. The van der Waals surface area contributed by atoms with Crippen LogP contribution in [0.3, 0.4) is 0 Å². The molecule has 1 rings (SSSR count). The third-order valence-corrected chi connectivity index (χ3v) is 2.60. The molecule has 1 N–H and O–H groups in total. The van der Waals surface area contributed by atoms with Gasteiger partial charge in [-0.25, -0.2) is 0 Å². The Bertz CT molecular complexity index is 382. The highest BCUT2D eigenvalue weighted by molar-refractivity contribution is 5.92. The van der Waals surface area contributed by atoms with Crippen molar-refractivity contribution in [1.82, 2.24) is 5.32 Å². The van der Waals surface area contributed by atoms with E-state index in [0.29, 0.717) is 0 Å². The molecule has 0 bridgehead atoms. The molecule has 0 saturated heterocycles. The second kappa shape index (κ2) is 6.11. The third kappa shape index (κ3) is 3.89. The summed E-state index contributed by atoms with van der Waals surface area (Å²) in [5.41, 5.74) is 2.26. The number of benzene rings is 1. The summed E-state index contributed by atoms with van der Waals surface area (Å²) >= 11 is 0. The van der Waals surface area contributed by atoms with Crippen LogP contribution in [-0.2, 0) is 4.79 Å². The van der Waals surface area contributed by atoms with Gasteiger partial charge in [-0.3, -0.25) is 4.79 Å². The average Bonchev–Trinajstić information content (AvgIpc) is 2.28. The molecule has 1 aromatic rings. The van der Waals surface area contributed by atoms with E-state index in [9.17, 15) is 4.79 Å². The normalized spacial score (nSPS) is 12.7. The highest BCUT2D eigenvalue weighted by atomic mass is 16.1. The summed E-state index contributed by atoms with van der Waals surface area (Å²) in [6.45, 7) is 6.09. The Morgan fingerprint density at radius 1 is 1.44 bits per heavy atom. The Morgan fingerprint density at radius 2 is 2.12 bits per heavy atom. The third-order valence-electron chi connectivity index (χ3n) is 2.60. The van der Waals surface area contributed by atoms with E-state index in [1.807, 2.05) is 44.2 Å². The van der Waals surface area contributed by atoms with E-state index in [1.165, 1.54) is 5.56 Å². The lowest BCUT2D eigenvalue weighted by molar-refractivity contribution is -0.117. The molecule has 0 aliphatic heterocycles. The number of hydrogen-bond donors (Lipinski definition) is 1. The minimum absolute atomic E-state index is 0.0300. The summed E-state index contributed by atoms with van der Waals surface area (Å²) in [5, 5.41) is 2.89. The van der Waals surface area contributed by atoms with Crippen LogP contribution in [0.25, 0.3) is 6.08 Å². The number of hydrogen-bond acceptors (Lipinski definition) is 1. The monoisotopic (exact) mass is 217 g/mol. The molecule has 0 heterocycles. The number of aryl methyl sites for hydroxylation is 1. The number of amides is 1. The highest BCUT2D eigenvalue weighted by Crippen LogP contribution is 2.08. The Kier molecular flexibility index (Phi) is 4.77. The Balaban J connectivity index is 2.60. The molecule has 0 saturated carbocycles. The summed E-state index contributed by atoms with van der Waals surface area (Å²) in [6, 6.07) is 8.23. The first-order valence-electron chi connectivity index (χ1n) is 5.67. The molecule has 0 aliphatic carbocycles. The molecule has 0 spiro atoms. The van der Waals surface area contributed by atoms with Crippen LogP contribution < -0.4 is 5.32 Å². The zero-order valence-corrected chi connectivity index (χ0v) is 10.2. The number of nitrogens with one attached hydrogen (secondary N) is 1. The fraction of sp³-hybridized carbons (Fsp3) is 0.357. The summed E-state index contributed by atoms with van der Waals surface area (Å²) < 4.78 is 0. The standard InChI is InChI=1S/C14H19NO/c1-4-12(3)15-14(16)10-9-13-8-6-5-7-11(13)2/h5-10,12H,4H2,1-3H3,(H,15,16)/b10-9-/t12-/m0/s1. The average molecular weight is 217 g/mol. The van der Waals surface area contributed by atoms with Crippen molar-refractivity contribution in [1.29, 1.82) is 0 Å². The lowest BCUT2D eigenvalue weighted by atomic mass is 10.1.